The molecule has 1 aliphatic heterocycles. The van der Waals surface area contributed by atoms with E-state index in [0.29, 0.717) is 11.8 Å². The monoisotopic (exact) mass is 646 g/mol. The first-order chi connectivity index (χ1) is 21.6. The number of allylic oxidation sites excluding steroid dienone is 6. The van der Waals surface area contributed by atoms with Crippen molar-refractivity contribution in [3.05, 3.63) is 75.4 Å². The Bertz CT molecular complexity index is 1260. The molecule has 46 heavy (non-hydrogen) atoms. The van der Waals surface area contributed by atoms with Crippen molar-refractivity contribution in [1.82, 2.24) is 0 Å². The highest BCUT2D eigenvalue weighted by Crippen LogP contribution is 2.36. The minimum absolute atomic E-state index is 0.0221. The molecule has 1 aromatic rings. The third-order valence-corrected chi connectivity index (χ3v) is 9.09. The van der Waals surface area contributed by atoms with E-state index in [1.807, 2.05) is 26.8 Å². The van der Waals surface area contributed by atoms with Crippen molar-refractivity contribution in [2.45, 2.75) is 124 Å². The van der Waals surface area contributed by atoms with Crippen LogP contribution in [0.2, 0.25) is 0 Å². The van der Waals surface area contributed by atoms with E-state index < -0.39 is 60.5 Å². The topological polar surface area (TPSA) is 161 Å². The first-order valence-corrected chi connectivity index (χ1v) is 16.7. The summed E-state index contributed by atoms with van der Waals surface area (Å²) in [5, 5.41) is 62.3. The van der Waals surface area contributed by atoms with Crippen LogP contribution in [0.3, 0.4) is 0 Å². The summed E-state index contributed by atoms with van der Waals surface area (Å²) in [6.45, 7) is 15.9. The Morgan fingerprint density at radius 2 is 1.70 bits per heavy atom. The zero-order chi connectivity index (χ0) is 34.7. The molecule has 1 saturated heterocycles. The van der Waals surface area contributed by atoms with Gasteiger partial charge in [0.2, 0.25) is 0 Å². The van der Waals surface area contributed by atoms with Crippen molar-refractivity contribution < 1.29 is 39.8 Å². The average Bonchev–Trinajstić information content (AvgIpc) is 3.00. The van der Waals surface area contributed by atoms with Crippen molar-refractivity contribution in [1.29, 1.82) is 0 Å². The lowest BCUT2D eigenvalue weighted by Gasteiger charge is -2.36. The van der Waals surface area contributed by atoms with Gasteiger partial charge in [-0.25, -0.2) is 4.79 Å². The molecule has 1 aromatic heterocycles. The summed E-state index contributed by atoms with van der Waals surface area (Å²) >= 11 is 0. The van der Waals surface area contributed by atoms with Crippen LogP contribution in [0.1, 0.15) is 104 Å². The number of ether oxygens (including phenoxy) is 1. The lowest BCUT2D eigenvalue weighted by Crippen LogP contribution is -2.45. The number of hydrogen-bond acceptors (Lipinski definition) is 9. The van der Waals surface area contributed by atoms with Gasteiger partial charge < -0.3 is 39.8 Å². The molecule has 0 unspecified atom stereocenters. The van der Waals surface area contributed by atoms with Crippen molar-refractivity contribution in [2.75, 3.05) is 6.61 Å². The molecule has 0 bridgehead atoms. The third kappa shape index (κ3) is 11.6. The minimum atomic E-state index is -1.50. The fraction of sp³-hybridized carbons (Fsp3) is 0.649. The van der Waals surface area contributed by atoms with Gasteiger partial charge in [-0.1, -0.05) is 95.6 Å². The zero-order valence-corrected chi connectivity index (χ0v) is 28.8. The second-order valence-electron chi connectivity index (χ2n) is 13.5. The first kappa shape index (κ1) is 39.6. The van der Waals surface area contributed by atoms with Gasteiger partial charge in [0.15, 0.2) is 0 Å². The Hall–Kier alpha value is -2.53. The normalized spacial score (nSPS) is 26.2. The smallest absolute Gasteiger partial charge is 0.345 e. The third-order valence-electron chi connectivity index (χ3n) is 9.09. The molecular weight excluding hydrogens is 588 g/mol. The van der Waals surface area contributed by atoms with Gasteiger partial charge in [0.05, 0.1) is 31.0 Å². The van der Waals surface area contributed by atoms with Crippen molar-refractivity contribution in [2.24, 2.45) is 23.7 Å². The molecule has 9 heteroatoms. The number of rotatable bonds is 16. The number of aliphatic hydroxyl groups excluding tert-OH is 5. The van der Waals surface area contributed by atoms with Gasteiger partial charge in [-0.05, 0) is 44.4 Å². The Labute approximate surface area is 274 Å². The summed E-state index contributed by atoms with van der Waals surface area (Å²) < 4.78 is 10.9. The van der Waals surface area contributed by atoms with E-state index in [-0.39, 0.29) is 29.6 Å². The lowest BCUT2D eigenvalue weighted by molar-refractivity contribution is -0.180. The standard InChI is InChI=1S/C37H58O9/c1-9-21(2)15-24(5)16-22(3)11-10-12-25(6)34(42)26(7)17-23(4)13-14-29(39)27(8)32-19-30(40)33(37(44)46-32)36-35(43)31(41)18-28(20-38)45-36/h10-11,13-14,16-17,19,21,24-29,31,34-36,38-43H,9,12,15,18,20H2,1-8H3/b11-10+,14-13+,22-16+,23-17+/t21-,24+,25-,26-,27+,28+,29-,31+,34-,35-,36+/m0/s1. The maximum Gasteiger partial charge on any atom is 0.345 e. The molecule has 2 heterocycles. The summed E-state index contributed by atoms with van der Waals surface area (Å²) in [6, 6.07) is 1.19. The van der Waals surface area contributed by atoms with Crippen LogP contribution in [0.25, 0.3) is 0 Å². The predicted molar refractivity (Wildman–Crippen MR) is 180 cm³/mol. The van der Waals surface area contributed by atoms with E-state index in [2.05, 4.69) is 45.9 Å². The highest BCUT2D eigenvalue weighted by atomic mass is 16.5. The zero-order valence-electron chi connectivity index (χ0n) is 28.8. The Morgan fingerprint density at radius 1 is 1.04 bits per heavy atom. The van der Waals surface area contributed by atoms with Gasteiger partial charge in [0, 0.05) is 24.3 Å². The molecule has 260 valence electrons. The largest absolute Gasteiger partial charge is 0.507 e. The second kappa shape index (κ2) is 18.7. The molecule has 11 atom stereocenters. The maximum atomic E-state index is 12.8. The van der Waals surface area contributed by atoms with E-state index in [1.54, 1.807) is 19.1 Å². The molecule has 0 amide bonds. The molecule has 2 rings (SSSR count). The summed E-state index contributed by atoms with van der Waals surface area (Å²) in [4.78, 5) is 12.8. The molecule has 0 aromatic carbocycles. The van der Waals surface area contributed by atoms with Gasteiger partial charge in [0.25, 0.3) is 0 Å². The second-order valence-corrected chi connectivity index (χ2v) is 13.5. The molecule has 0 radical (unpaired) electrons. The van der Waals surface area contributed by atoms with Crippen molar-refractivity contribution >= 4 is 0 Å². The van der Waals surface area contributed by atoms with Crippen LogP contribution in [-0.4, -0.2) is 67.8 Å². The molecule has 0 saturated carbocycles. The lowest BCUT2D eigenvalue weighted by atomic mass is 9.89. The van der Waals surface area contributed by atoms with E-state index in [4.69, 9.17) is 9.15 Å². The Balaban J connectivity index is 2.01. The maximum absolute atomic E-state index is 12.8. The molecule has 1 fully saturated rings. The van der Waals surface area contributed by atoms with Crippen LogP contribution in [0.4, 0.5) is 0 Å². The van der Waals surface area contributed by atoms with E-state index in [1.165, 1.54) is 24.5 Å². The SMILES string of the molecule is CC[C@H](C)C[C@@H](C)/C=C(C)/C=C/C[C@H](C)[C@H](O)[C@@H](C)/C=C(C)/C=C/[C@H](O)[C@@H](C)c1cc(O)c([C@H]2O[C@@H](CO)C[C@@H](O)[C@@H]2O)c(=O)o1. The summed E-state index contributed by atoms with van der Waals surface area (Å²) in [5.74, 6) is -0.0276. The summed E-state index contributed by atoms with van der Waals surface area (Å²) in [6.07, 6.45) is 8.32. The van der Waals surface area contributed by atoms with Crippen LogP contribution in [0, 0.1) is 23.7 Å². The molecule has 0 aliphatic carbocycles. The van der Waals surface area contributed by atoms with Crippen molar-refractivity contribution in [3.8, 4) is 5.75 Å². The number of hydrogen-bond donors (Lipinski definition) is 6. The van der Waals surface area contributed by atoms with Gasteiger partial charge in [0.1, 0.15) is 29.3 Å². The van der Waals surface area contributed by atoms with E-state index >= 15 is 0 Å². The number of aliphatic hydroxyl groups is 5. The van der Waals surface area contributed by atoms with Gasteiger partial charge >= 0.3 is 5.63 Å². The highest BCUT2D eigenvalue weighted by molar-refractivity contribution is 5.35. The van der Waals surface area contributed by atoms with Crippen LogP contribution >= 0.6 is 0 Å². The quantitative estimate of drug-likeness (QED) is 0.128. The fourth-order valence-electron chi connectivity index (χ4n) is 5.96. The minimum Gasteiger partial charge on any atom is -0.507 e. The van der Waals surface area contributed by atoms with Crippen LogP contribution < -0.4 is 5.63 Å². The van der Waals surface area contributed by atoms with Crippen LogP contribution in [0.5, 0.6) is 5.75 Å². The molecule has 0 spiro atoms. The highest BCUT2D eigenvalue weighted by Gasteiger charge is 2.40. The first-order valence-electron chi connectivity index (χ1n) is 16.7. The fourth-order valence-corrected chi connectivity index (χ4v) is 5.96. The summed E-state index contributed by atoms with van der Waals surface area (Å²) in [5.41, 5.74) is 0.741. The van der Waals surface area contributed by atoms with Crippen LogP contribution in [-0.2, 0) is 4.74 Å². The average molecular weight is 647 g/mol. The predicted octanol–water partition coefficient (Wildman–Crippen LogP) is 5.45. The molecule has 6 N–H and O–H groups in total. The Morgan fingerprint density at radius 3 is 2.30 bits per heavy atom. The van der Waals surface area contributed by atoms with E-state index in [0.717, 1.165) is 12.0 Å². The molecular formula is C37H58O9. The molecule has 1 aliphatic rings. The van der Waals surface area contributed by atoms with Crippen molar-refractivity contribution in [3.63, 3.8) is 0 Å². The van der Waals surface area contributed by atoms with Gasteiger partial charge in [-0.2, -0.15) is 0 Å². The van der Waals surface area contributed by atoms with Gasteiger partial charge in [-0.15, -0.1) is 0 Å². The van der Waals surface area contributed by atoms with E-state index in [9.17, 15) is 35.4 Å². The number of aromatic hydroxyl groups is 1. The van der Waals surface area contributed by atoms with Gasteiger partial charge in [-0.3, -0.25) is 0 Å². The Kier molecular flexibility index (Phi) is 16.1. The molecule has 9 nitrogen and oxygen atoms in total. The summed E-state index contributed by atoms with van der Waals surface area (Å²) in [7, 11) is 0. The van der Waals surface area contributed by atoms with Crippen LogP contribution in [0.15, 0.2) is 62.9 Å².